The summed E-state index contributed by atoms with van der Waals surface area (Å²) >= 11 is 0. The molecule has 0 atom stereocenters. The summed E-state index contributed by atoms with van der Waals surface area (Å²) < 4.78 is 1.64. The van der Waals surface area contributed by atoms with Gasteiger partial charge in [-0.1, -0.05) is 5.21 Å². The van der Waals surface area contributed by atoms with Crippen molar-refractivity contribution in [1.82, 2.24) is 20.3 Å². The SMILES string of the molecule is CC(C)(C)NCc1cn(CCO)nn1. The van der Waals surface area contributed by atoms with Crippen molar-refractivity contribution in [3.8, 4) is 0 Å². The summed E-state index contributed by atoms with van der Waals surface area (Å²) in [5.41, 5.74) is 0.981. The van der Waals surface area contributed by atoms with Crippen molar-refractivity contribution >= 4 is 0 Å². The highest BCUT2D eigenvalue weighted by Crippen LogP contribution is 2.01. The van der Waals surface area contributed by atoms with Gasteiger partial charge >= 0.3 is 0 Å². The lowest BCUT2D eigenvalue weighted by atomic mass is 10.1. The van der Waals surface area contributed by atoms with E-state index in [9.17, 15) is 0 Å². The van der Waals surface area contributed by atoms with E-state index in [-0.39, 0.29) is 12.1 Å². The lowest BCUT2D eigenvalue weighted by Gasteiger charge is -2.19. The third-order valence-electron chi connectivity index (χ3n) is 1.72. The van der Waals surface area contributed by atoms with Gasteiger partial charge < -0.3 is 10.4 Å². The van der Waals surface area contributed by atoms with Crippen molar-refractivity contribution in [2.24, 2.45) is 0 Å². The number of nitrogens with zero attached hydrogens (tertiary/aromatic N) is 3. The zero-order valence-corrected chi connectivity index (χ0v) is 8.99. The van der Waals surface area contributed by atoms with Crippen molar-refractivity contribution in [2.45, 2.75) is 39.4 Å². The van der Waals surface area contributed by atoms with Crippen LogP contribution in [0.1, 0.15) is 26.5 Å². The molecule has 5 nitrogen and oxygen atoms in total. The lowest BCUT2D eigenvalue weighted by Crippen LogP contribution is -2.35. The van der Waals surface area contributed by atoms with Gasteiger partial charge in [0, 0.05) is 18.3 Å². The molecule has 0 amide bonds. The molecule has 0 bridgehead atoms. The molecule has 1 rings (SSSR count). The highest BCUT2D eigenvalue weighted by molar-refractivity contribution is 4.92. The molecule has 5 heteroatoms. The normalized spacial score (nSPS) is 12.0. The first-order valence-electron chi connectivity index (χ1n) is 4.76. The second-order valence-corrected chi connectivity index (χ2v) is 4.30. The van der Waals surface area contributed by atoms with E-state index < -0.39 is 0 Å². The lowest BCUT2D eigenvalue weighted by molar-refractivity contribution is 0.268. The summed E-state index contributed by atoms with van der Waals surface area (Å²) in [6, 6.07) is 0. The largest absolute Gasteiger partial charge is 0.394 e. The van der Waals surface area contributed by atoms with E-state index in [4.69, 9.17) is 5.11 Å². The fraction of sp³-hybridized carbons (Fsp3) is 0.778. The molecular formula is C9H18N4O. The molecule has 1 aromatic heterocycles. The van der Waals surface area contributed by atoms with Crippen LogP contribution in [0.5, 0.6) is 0 Å². The monoisotopic (exact) mass is 198 g/mol. The van der Waals surface area contributed by atoms with Gasteiger partial charge in [-0.2, -0.15) is 0 Å². The number of hydrogen-bond donors (Lipinski definition) is 2. The van der Waals surface area contributed by atoms with Crippen molar-refractivity contribution in [1.29, 1.82) is 0 Å². The summed E-state index contributed by atoms with van der Waals surface area (Å²) in [5.74, 6) is 0. The minimum absolute atomic E-state index is 0.0841. The van der Waals surface area contributed by atoms with Crippen LogP contribution in [0.15, 0.2) is 6.20 Å². The molecule has 0 spiro atoms. The quantitative estimate of drug-likeness (QED) is 0.723. The molecule has 0 aromatic carbocycles. The molecule has 0 radical (unpaired) electrons. The molecule has 1 aromatic rings. The van der Waals surface area contributed by atoms with Gasteiger partial charge in [-0.05, 0) is 20.8 Å². The zero-order valence-electron chi connectivity index (χ0n) is 8.99. The van der Waals surface area contributed by atoms with Gasteiger partial charge in [-0.25, -0.2) is 4.68 Å². The van der Waals surface area contributed by atoms with E-state index in [2.05, 4.69) is 36.4 Å². The highest BCUT2D eigenvalue weighted by atomic mass is 16.3. The van der Waals surface area contributed by atoms with Gasteiger partial charge in [0.1, 0.15) is 0 Å². The summed E-state index contributed by atoms with van der Waals surface area (Å²) in [6.07, 6.45) is 1.84. The Morgan fingerprint density at radius 3 is 2.79 bits per heavy atom. The number of aromatic nitrogens is 3. The molecule has 0 saturated heterocycles. The number of nitrogens with one attached hydrogen (secondary N) is 1. The van der Waals surface area contributed by atoms with Crippen LogP contribution in [0.3, 0.4) is 0 Å². The van der Waals surface area contributed by atoms with E-state index in [0.717, 1.165) is 5.69 Å². The van der Waals surface area contributed by atoms with Crippen LogP contribution >= 0.6 is 0 Å². The molecule has 1 heterocycles. The Balaban J connectivity index is 2.44. The Morgan fingerprint density at radius 1 is 1.50 bits per heavy atom. The molecule has 2 N–H and O–H groups in total. The minimum atomic E-state index is 0.0841. The van der Waals surface area contributed by atoms with Crippen molar-refractivity contribution in [3.05, 3.63) is 11.9 Å². The second-order valence-electron chi connectivity index (χ2n) is 4.30. The van der Waals surface area contributed by atoms with Crippen LogP contribution in [-0.4, -0.2) is 32.2 Å². The molecular weight excluding hydrogens is 180 g/mol. The molecule has 14 heavy (non-hydrogen) atoms. The fourth-order valence-corrected chi connectivity index (χ4v) is 0.987. The van der Waals surface area contributed by atoms with Gasteiger partial charge in [0.15, 0.2) is 0 Å². The van der Waals surface area contributed by atoms with Crippen LogP contribution < -0.4 is 5.32 Å². The van der Waals surface area contributed by atoms with Crippen molar-refractivity contribution in [3.63, 3.8) is 0 Å². The van der Waals surface area contributed by atoms with Crippen molar-refractivity contribution < 1.29 is 5.11 Å². The van der Waals surface area contributed by atoms with Crippen LogP contribution in [0.2, 0.25) is 0 Å². The van der Waals surface area contributed by atoms with Crippen LogP contribution in [0.25, 0.3) is 0 Å². The number of aliphatic hydroxyl groups is 1. The first-order chi connectivity index (χ1) is 6.51. The molecule has 80 valence electrons. The van der Waals surface area contributed by atoms with Gasteiger partial charge in [0.2, 0.25) is 0 Å². The smallest absolute Gasteiger partial charge is 0.0965 e. The second kappa shape index (κ2) is 4.52. The first kappa shape index (κ1) is 11.1. The predicted molar refractivity (Wildman–Crippen MR) is 53.7 cm³/mol. The predicted octanol–water partition coefficient (Wildman–Crippen LogP) is 0.158. The fourth-order valence-electron chi connectivity index (χ4n) is 0.987. The maximum absolute atomic E-state index is 8.68. The first-order valence-corrected chi connectivity index (χ1v) is 4.76. The van der Waals surface area contributed by atoms with Gasteiger partial charge in [0.25, 0.3) is 0 Å². The number of rotatable bonds is 4. The minimum Gasteiger partial charge on any atom is -0.394 e. The van der Waals surface area contributed by atoms with Crippen molar-refractivity contribution in [2.75, 3.05) is 6.61 Å². The maximum Gasteiger partial charge on any atom is 0.0965 e. The molecule has 0 unspecified atom stereocenters. The Morgan fingerprint density at radius 2 is 2.21 bits per heavy atom. The van der Waals surface area contributed by atoms with E-state index in [1.807, 2.05) is 6.20 Å². The Labute approximate surface area is 84.1 Å². The molecule has 0 fully saturated rings. The van der Waals surface area contributed by atoms with E-state index in [1.165, 1.54) is 0 Å². The van der Waals surface area contributed by atoms with Gasteiger partial charge in [-0.15, -0.1) is 5.10 Å². The average Bonchev–Trinajstić information content (AvgIpc) is 2.49. The maximum atomic E-state index is 8.68. The Kier molecular flexibility index (Phi) is 3.60. The summed E-state index contributed by atoms with van der Waals surface area (Å²) in [4.78, 5) is 0. The van der Waals surface area contributed by atoms with E-state index in [0.29, 0.717) is 13.1 Å². The third kappa shape index (κ3) is 3.85. The number of hydrogen-bond acceptors (Lipinski definition) is 4. The van der Waals surface area contributed by atoms with Crippen LogP contribution in [-0.2, 0) is 13.1 Å². The van der Waals surface area contributed by atoms with Gasteiger partial charge in [0.05, 0.1) is 18.8 Å². The highest BCUT2D eigenvalue weighted by Gasteiger charge is 2.09. The Bertz CT molecular complexity index is 277. The van der Waals surface area contributed by atoms with Crippen LogP contribution in [0, 0.1) is 0 Å². The number of aliphatic hydroxyl groups excluding tert-OH is 1. The topological polar surface area (TPSA) is 63.0 Å². The molecule has 0 aliphatic carbocycles. The summed E-state index contributed by atoms with van der Waals surface area (Å²) in [6.45, 7) is 7.61. The Hall–Kier alpha value is -0.940. The molecule has 0 saturated carbocycles. The summed E-state index contributed by atoms with van der Waals surface area (Å²) in [5, 5.41) is 19.8. The van der Waals surface area contributed by atoms with E-state index >= 15 is 0 Å². The molecule has 0 aliphatic heterocycles. The summed E-state index contributed by atoms with van der Waals surface area (Å²) in [7, 11) is 0. The third-order valence-corrected chi connectivity index (χ3v) is 1.72. The molecule has 0 aliphatic rings. The zero-order chi connectivity index (χ0) is 10.6. The van der Waals surface area contributed by atoms with Gasteiger partial charge in [-0.3, -0.25) is 0 Å². The van der Waals surface area contributed by atoms with E-state index in [1.54, 1.807) is 4.68 Å². The average molecular weight is 198 g/mol. The van der Waals surface area contributed by atoms with Crippen LogP contribution in [0.4, 0.5) is 0 Å². The standard InChI is InChI=1S/C9H18N4O/c1-9(2,3)10-6-8-7-13(4-5-14)12-11-8/h7,10,14H,4-6H2,1-3H3.